The number of carbonyl (C=O) groups is 1. The number of amides is 1. The van der Waals surface area contributed by atoms with Crippen molar-refractivity contribution in [2.75, 3.05) is 39.5 Å². The van der Waals surface area contributed by atoms with Crippen LogP contribution in [0, 0.1) is 0 Å². The first-order chi connectivity index (χ1) is 14.1. The standard InChI is InChI=1S/C22H27BrN2O3S/c1-17(29-21-7-5-19(23)6-8-21)22(26)24-16-18-3-2-4-20(15-18)28-14-11-25-9-12-27-13-10-25/h2-8,15,17H,9-14,16H2,1H3,(H,24,26). The molecular weight excluding hydrogens is 452 g/mol. The predicted molar refractivity (Wildman–Crippen MR) is 121 cm³/mol. The zero-order valence-corrected chi connectivity index (χ0v) is 19.0. The third-order valence-electron chi connectivity index (χ3n) is 4.64. The predicted octanol–water partition coefficient (Wildman–Crippen LogP) is 3.96. The van der Waals surface area contributed by atoms with E-state index in [1.165, 1.54) is 0 Å². The fraction of sp³-hybridized carbons (Fsp3) is 0.409. The van der Waals surface area contributed by atoms with Crippen molar-refractivity contribution < 1.29 is 14.3 Å². The summed E-state index contributed by atoms with van der Waals surface area (Å²) in [6.07, 6.45) is 0. The molecule has 3 rings (SSSR count). The molecule has 0 aromatic heterocycles. The van der Waals surface area contributed by atoms with Crippen molar-refractivity contribution in [3.8, 4) is 5.75 Å². The smallest absolute Gasteiger partial charge is 0.233 e. The first-order valence-electron chi connectivity index (χ1n) is 9.82. The summed E-state index contributed by atoms with van der Waals surface area (Å²) in [5, 5.41) is 2.86. The molecule has 1 fully saturated rings. The Labute approximate surface area is 185 Å². The van der Waals surface area contributed by atoms with Gasteiger partial charge in [-0.2, -0.15) is 0 Å². The maximum absolute atomic E-state index is 12.4. The van der Waals surface area contributed by atoms with Gasteiger partial charge in [0, 0.05) is 35.5 Å². The molecule has 0 saturated carbocycles. The second-order valence-electron chi connectivity index (χ2n) is 6.88. The number of morpholine rings is 1. The van der Waals surface area contributed by atoms with Crippen LogP contribution in [0.3, 0.4) is 0 Å². The van der Waals surface area contributed by atoms with Crippen molar-refractivity contribution in [3.05, 3.63) is 58.6 Å². The molecular formula is C22H27BrN2O3S. The van der Waals surface area contributed by atoms with Gasteiger partial charge in [0.2, 0.25) is 5.91 Å². The lowest BCUT2D eigenvalue weighted by molar-refractivity contribution is -0.120. The third-order valence-corrected chi connectivity index (χ3v) is 6.28. The quantitative estimate of drug-likeness (QED) is 0.552. The van der Waals surface area contributed by atoms with Crippen LogP contribution in [0.1, 0.15) is 12.5 Å². The van der Waals surface area contributed by atoms with Gasteiger partial charge in [-0.05, 0) is 48.9 Å². The largest absolute Gasteiger partial charge is 0.492 e. The Morgan fingerprint density at radius 2 is 2.00 bits per heavy atom. The number of nitrogens with one attached hydrogen (secondary N) is 1. The summed E-state index contributed by atoms with van der Waals surface area (Å²) in [6, 6.07) is 15.9. The van der Waals surface area contributed by atoms with E-state index in [0.29, 0.717) is 13.2 Å². The Morgan fingerprint density at radius 3 is 2.76 bits per heavy atom. The number of thioether (sulfide) groups is 1. The average molecular weight is 479 g/mol. The SMILES string of the molecule is CC(Sc1ccc(Br)cc1)C(=O)NCc1cccc(OCCN2CCOCC2)c1. The molecule has 29 heavy (non-hydrogen) atoms. The fourth-order valence-electron chi connectivity index (χ4n) is 2.97. The summed E-state index contributed by atoms with van der Waals surface area (Å²) in [7, 11) is 0. The summed E-state index contributed by atoms with van der Waals surface area (Å²) in [6.45, 7) is 7.49. The lowest BCUT2D eigenvalue weighted by Crippen LogP contribution is -2.38. The van der Waals surface area contributed by atoms with Crippen LogP contribution in [-0.2, 0) is 16.1 Å². The molecule has 156 valence electrons. The van der Waals surface area contributed by atoms with Crippen molar-refractivity contribution in [3.63, 3.8) is 0 Å². The molecule has 2 aromatic carbocycles. The maximum atomic E-state index is 12.4. The molecule has 5 nitrogen and oxygen atoms in total. The van der Waals surface area contributed by atoms with Gasteiger partial charge in [0.25, 0.3) is 0 Å². The Balaban J connectivity index is 1.41. The number of rotatable bonds is 9. The van der Waals surface area contributed by atoms with Gasteiger partial charge < -0.3 is 14.8 Å². The molecule has 2 aromatic rings. The van der Waals surface area contributed by atoms with Crippen LogP contribution in [0.2, 0.25) is 0 Å². The van der Waals surface area contributed by atoms with Crippen LogP contribution < -0.4 is 10.1 Å². The first kappa shape index (κ1) is 22.2. The Morgan fingerprint density at radius 1 is 1.24 bits per heavy atom. The summed E-state index contributed by atoms with van der Waals surface area (Å²) < 4.78 is 12.3. The number of hydrogen-bond acceptors (Lipinski definition) is 5. The first-order valence-corrected chi connectivity index (χ1v) is 11.5. The van der Waals surface area contributed by atoms with Gasteiger partial charge in [-0.1, -0.05) is 28.1 Å². The molecule has 0 bridgehead atoms. The third kappa shape index (κ3) is 7.66. The number of ether oxygens (including phenoxy) is 2. The zero-order chi connectivity index (χ0) is 20.5. The molecule has 1 atom stereocenters. The summed E-state index contributed by atoms with van der Waals surface area (Å²) in [4.78, 5) is 15.9. The minimum absolute atomic E-state index is 0.0246. The van der Waals surface area contributed by atoms with Crippen LogP contribution in [-0.4, -0.2) is 55.5 Å². The number of benzene rings is 2. The van der Waals surface area contributed by atoms with Crippen LogP contribution in [0.5, 0.6) is 5.75 Å². The molecule has 1 aliphatic heterocycles. The van der Waals surface area contributed by atoms with Crippen molar-refractivity contribution in [2.45, 2.75) is 23.6 Å². The molecule has 1 unspecified atom stereocenters. The number of nitrogens with zero attached hydrogens (tertiary/aromatic N) is 1. The molecule has 1 N–H and O–H groups in total. The molecule has 0 radical (unpaired) electrons. The molecule has 1 aliphatic rings. The topological polar surface area (TPSA) is 50.8 Å². The van der Waals surface area contributed by atoms with Crippen LogP contribution in [0.15, 0.2) is 57.9 Å². The molecule has 7 heteroatoms. The fourth-order valence-corrected chi connectivity index (χ4v) is 4.12. The molecule has 1 saturated heterocycles. The van der Waals surface area contributed by atoms with E-state index in [4.69, 9.17) is 9.47 Å². The Hall–Kier alpha value is -1.54. The molecule has 0 spiro atoms. The van der Waals surface area contributed by atoms with Gasteiger partial charge in [0.15, 0.2) is 0 Å². The summed E-state index contributed by atoms with van der Waals surface area (Å²) in [5.41, 5.74) is 1.03. The van der Waals surface area contributed by atoms with Gasteiger partial charge in [0.05, 0.1) is 18.5 Å². The minimum atomic E-state index is -0.163. The normalized spacial score (nSPS) is 15.7. The highest BCUT2D eigenvalue weighted by atomic mass is 79.9. The average Bonchev–Trinajstić information content (AvgIpc) is 2.75. The molecule has 0 aliphatic carbocycles. The van der Waals surface area contributed by atoms with Gasteiger partial charge in [0.1, 0.15) is 12.4 Å². The van der Waals surface area contributed by atoms with Crippen molar-refractivity contribution in [1.29, 1.82) is 0 Å². The van der Waals surface area contributed by atoms with Gasteiger partial charge in [-0.3, -0.25) is 9.69 Å². The Kier molecular flexibility index (Phi) is 8.86. The van der Waals surface area contributed by atoms with E-state index in [1.807, 2.05) is 55.5 Å². The highest BCUT2D eigenvalue weighted by molar-refractivity contribution is 9.10. The maximum Gasteiger partial charge on any atom is 0.233 e. The van der Waals surface area contributed by atoms with Crippen LogP contribution >= 0.6 is 27.7 Å². The van der Waals surface area contributed by atoms with E-state index in [2.05, 4.69) is 26.1 Å². The summed E-state index contributed by atoms with van der Waals surface area (Å²) >= 11 is 4.98. The van der Waals surface area contributed by atoms with E-state index in [9.17, 15) is 4.79 Å². The highest BCUT2D eigenvalue weighted by Crippen LogP contribution is 2.25. The number of hydrogen-bond donors (Lipinski definition) is 1. The van der Waals surface area contributed by atoms with Gasteiger partial charge in [-0.15, -0.1) is 11.8 Å². The van der Waals surface area contributed by atoms with Crippen LogP contribution in [0.4, 0.5) is 0 Å². The van der Waals surface area contributed by atoms with E-state index >= 15 is 0 Å². The van der Waals surface area contributed by atoms with E-state index < -0.39 is 0 Å². The highest BCUT2D eigenvalue weighted by Gasteiger charge is 2.14. The van der Waals surface area contributed by atoms with Crippen molar-refractivity contribution in [1.82, 2.24) is 10.2 Å². The number of halogens is 1. The zero-order valence-electron chi connectivity index (χ0n) is 16.6. The van der Waals surface area contributed by atoms with Crippen LogP contribution in [0.25, 0.3) is 0 Å². The van der Waals surface area contributed by atoms with Crippen molar-refractivity contribution >= 4 is 33.6 Å². The molecule has 1 heterocycles. The second kappa shape index (κ2) is 11.6. The van der Waals surface area contributed by atoms with Gasteiger partial charge in [-0.25, -0.2) is 0 Å². The Bertz CT molecular complexity index is 782. The van der Waals surface area contributed by atoms with Gasteiger partial charge >= 0.3 is 0 Å². The lowest BCUT2D eigenvalue weighted by atomic mass is 10.2. The number of carbonyl (C=O) groups excluding carboxylic acids is 1. The molecule has 1 amide bonds. The van der Waals surface area contributed by atoms with E-state index in [0.717, 1.165) is 53.5 Å². The lowest BCUT2D eigenvalue weighted by Gasteiger charge is -2.26. The van der Waals surface area contributed by atoms with E-state index in [-0.39, 0.29) is 11.2 Å². The summed E-state index contributed by atoms with van der Waals surface area (Å²) in [5.74, 6) is 0.860. The minimum Gasteiger partial charge on any atom is -0.492 e. The van der Waals surface area contributed by atoms with Crippen molar-refractivity contribution in [2.24, 2.45) is 0 Å². The monoisotopic (exact) mass is 478 g/mol. The second-order valence-corrected chi connectivity index (χ2v) is 9.21. The van der Waals surface area contributed by atoms with E-state index in [1.54, 1.807) is 11.8 Å².